The summed E-state index contributed by atoms with van der Waals surface area (Å²) in [5.74, 6) is -5.69. The number of carbonyl (C=O) groups is 2. The normalized spacial score (nSPS) is 11.8. The highest BCUT2D eigenvalue weighted by Gasteiger charge is 2.41. The smallest absolute Gasteiger partial charge is 0.366 e. The van der Waals surface area contributed by atoms with Crippen LogP contribution >= 0.6 is 0 Å². The van der Waals surface area contributed by atoms with Crippen molar-refractivity contribution in [2.45, 2.75) is 19.6 Å². The van der Waals surface area contributed by atoms with Crippen molar-refractivity contribution < 1.29 is 35.9 Å². The van der Waals surface area contributed by atoms with E-state index in [1.165, 1.54) is 6.92 Å². The average Bonchev–Trinajstić information content (AvgIpc) is 3.10. The molecule has 0 bridgehead atoms. The number of pyridine rings is 1. The lowest BCUT2D eigenvalue weighted by atomic mass is 9.92. The van der Waals surface area contributed by atoms with E-state index >= 15 is 0 Å². The zero-order valence-corrected chi connectivity index (χ0v) is 18.3. The highest BCUT2D eigenvalue weighted by atomic mass is 19.4. The fourth-order valence-electron chi connectivity index (χ4n) is 3.92. The molecular formula is C23H15F6N5O2. The van der Waals surface area contributed by atoms with E-state index in [1.54, 1.807) is 0 Å². The van der Waals surface area contributed by atoms with Gasteiger partial charge < -0.3 is 11.5 Å². The van der Waals surface area contributed by atoms with E-state index in [0.717, 1.165) is 41.1 Å². The Morgan fingerprint density at radius 3 is 2.22 bits per heavy atom. The summed E-state index contributed by atoms with van der Waals surface area (Å²) in [4.78, 5) is 28.7. The second kappa shape index (κ2) is 8.66. The van der Waals surface area contributed by atoms with E-state index in [4.69, 9.17) is 11.5 Å². The number of rotatable bonds is 5. The summed E-state index contributed by atoms with van der Waals surface area (Å²) in [7, 11) is 0. The van der Waals surface area contributed by atoms with Gasteiger partial charge in [0.15, 0.2) is 17.3 Å². The standard InChI is InChI=1S/C23H15F6N5O2/c1-9-16(20(23(27,28)29)33-34(9)8-10-2-5-13(25)14(26)6-10)18-17(21(30)35)12-4-3-11(24)7-15(12)32-19(18)22(31)36/h2-7H,8H2,1H3,(H2,30,35)(H2,31,36). The molecule has 4 N–H and O–H groups in total. The minimum absolute atomic E-state index is 0.0807. The van der Waals surface area contributed by atoms with E-state index in [-0.39, 0.29) is 22.2 Å². The van der Waals surface area contributed by atoms with Crippen LogP contribution in [-0.2, 0) is 12.7 Å². The van der Waals surface area contributed by atoms with Crippen molar-refractivity contribution in [3.05, 3.63) is 82.1 Å². The molecule has 2 heterocycles. The molecule has 2 aromatic heterocycles. The van der Waals surface area contributed by atoms with Gasteiger partial charge in [0.05, 0.1) is 17.6 Å². The molecule has 0 aliphatic carbocycles. The molecule has 0 unspecified atom stereocenters. The zero-order chi connectivity index (χ0) is 26.5. The molecule has 0 spiro atoms. The number of alkyl halides is 3. The molecule has 2 aromatic carbocycles. The van der Waals surface area contributed by atoms with Crippen molar-refractivity contribution in [1.29, 1.82) is 0 Å². The molecule has 0 fully saturated rings. The molecule has 0 radical (unpaired) electrons. The largest absolute Gasteiger partial charge is 0.435 e. The lowest BCUT2D eigenvalue weighted by Gasteiger charge is -2.16. The first-order valence-corrected chi connectivity index (χ1v) is 10.1. The SMILES string of the molecule is Cc1c(-c2c(C(N)=O)nc3cc(F)ccc3c2C(N)=O)c(C(F)(F)F)nn1Cc1ccc(F)c(F)c1. The van der Waals surface area contributed by atoms with Crippen LogP contribution in [0.3, 0.4) is 0 Å². The zero-order valence-electron chi connectivity index (χ0n) is 18.3. The molecule has 0 atom stereocenters. The summed E-state index contributed by atoms with van der Waals surface area (Å²) in [6.45, 7) is 0.790. The summed E-state index contributed by atoms with van der Waals surface area (Å²) < 4.78 is 84.0. The number of halogens is 6. The maximum atomic E-state index is 14.1. The predicted octanol–water partition coefficient (Wildman–Crippen LogP) is 4.09. The molecule has 0 saturated heterocycles. The number of nitrogens with zero attached hydrogens (tertiary/aromatic N) is 3. The fraction of sp³-hybridized carbons (Fsp3) is 0.130. The number of nitrogens with two attached hydrogens (primary N) is 2. The van der Waals surface area contributed by atoms with Gasteiger partial charge in [-0.25, -0.2) is 18.2 Å². The molecule has 0 aliphatic rings. The van der Waals surface area contributed by atoms with Gasteiger partial charge in [0, 0.05) is 28.3 Å². The molecule has 7 nitrogen and oxygen atoms in total. The number of hydrogen-bond acceptors (Lipinski definition) is 4. The number of fused-ring (bicyclic) bond motifs is 1. The number of hydrogen-bond donors (Lipinski definition) is 2. The highest BCUT2D eigenvalue weighted by molar-refractivity contribution is 6.15. The van der Waals surface area contributed by atoms with Crippen LogP contribution in [0.2, 0.25) is 0 Å². The monoisotopic (exact) mass is 507 g/mol. The van der Waals surface area contributed by atoms with Crippen LogP contribution in [0.25, 0.3) is 22.0 Å². The Morgan fingerprint density at radius 1 is 0.944 bits per heavy atom. The summed E-state index contributed by atoms with van der Waals surface area (Å²) in [5, 5.41) is 3.46. The number of amides is 2. The Kier molecular flexibility index (Phi) is 5.94. The van der Waals surface area contributed by atoms with E-state index < -0.39 is 70.1 Å². The molecule has 0 saturated carbocycles. The van der Waals surface area contributed by atoms with Crippen LogP contribution in [0, 0.1) is 24.4 Å². The Labute approximate surface area is 198 Å². The van der Waals surface area contributed by atoms with E-state index in [0.29, 0.717) is 0 Å². The van der Waals surface area contributed by atoms with Crippen LogP contribution in [0.1, 0.15) is 37.8 Å². The van der Waals surface area contributed by atoms with Crippen LogP contribution in [0.15, 0.2) is 36.4 Å². The number of carbonyl (C=O) groups excluding carboxylic acids is 2. The first-order valence-electron chi connectivity index (χ1n) is 10.1. The minimum atomic E-state index is -5.10. The van der Waals surface area contributed by atoms with Gasteiger partial charge in [0.1, 0.15) is 11.5 Å². The van der Waals surface area contributed by atoms with E-state index in [2.05, 4.69) is 10.1 Å². The molecule has 2 amide bonds. The van der Waals surface area contributed by atoms with Crippen LogP contribution in [-0.4, -0.2) is 26.6 Å². The Balaban J connectivity index is 2.09. The lowest BCUT2D eigenvalue weighted by Crippen LogP contribution is -2.21. The van der Waals surface area contributed by atoms with Crippen molar-refractivity contribution in [1.82, 2.24) is 14.8 Å². The van der Waals surface area contributed by atoms with Gasteiger partial charge in [0.2, 0.25) is 5.91 Å². The van der Waals surface area contributed by atoms with Gasteiger partial charge in [-0.3, -0.25) is 14.3 Å². The average molecular weight is 507 g/mol. The summed E-state index contributed by atoms with van der Waals surface area (Å²) in [6, 6.07) is 5.63. The number of primary amides is 2. The molecule has 13 heteroatoms. The Bertz CT molecular complexity index is 1560. The maximum absolute atomic E-state index is 14.1. The van der Waals surface area contributed by atoms with Gasteiger partial charge in [0.25, 0.3) is 5.91 Å². The molecule has 0 aliphatic heterocycles. The van der Waals surface area contributed by atoms with Gasteiger partial charge in [-0.2, -0.15) is 18.3 Å². The summed E-state index contributed by atoms with van der Waals surface area (Å²) in [5.41, 5.74) is 6.37. The molecule has 186 valence electrons. The van der Waals surface area contributed by atoms with Gasteiger partial charge in [-0.15, -0.1) is 0 Å². The number of aromatic nitrogens is 3. The van der Waals surface area contributed by atoms with Crippen molar-refractivity contribution in [3.63, 3.8) is 0 Å². The first-order chi connectivity index (χ1) is 16.8. The van der Waals surface area contributed by atoms with Crippen LogP contribution < -0.4 is 11.5 Å². The van der Waals surface area contributed by atoms with Crippen molar-refractivity contribution >= 4 is 22.7 Å². The van der Waals surface area contributed by atoms with Gasteiger partial charge >= 0.3 is 6.18 Å². The van der Waals surface area contributed by atoms with Crippen molar-refractivity contribution in [3.8, 4) is 11.1 Å². The van der Waals surface area contributed by atoms with E-state index in [9.17, 15) is 35.9 Å². The summed E-state index contributed by atoms with van der Waals surface area (Å²) in [6.07, 6.45) is -5.10. The third kappa shape index (κ3) is 4.23. The van der Waals surface area contributed by atoms with Crippen LogP contribution in [0.4, 0.5) is 26.3 Å². The topological polar surface area (TPSA) is 117 Å². The van der Waals surface area contributed by atoms with E-state index in [1.807, 2.05) is 0 Å². The van der Waals surface area contributed by atoms with Crippen molar-refractivity contribution in [2.75, 3.05) is 0 Å². The van der Waals surface area contributed by atoms with Gasteiger partial charge in [-0.05, 0) is 36.8 Å². The molecule has 36 heavy (non-hydrogen) atoms. The first kappa shape index (κ1) is 24.7. The van der Waals surface area contributed by atoms with Crippen LogP contribution in [0.5, 0.6) is 0 Å². The number of benzene rings is 2. The third-order valence-corrected chi connectivity index (χ3v) is 5.47. The quantitative estimate of drug-likeness (QED) is 0.396. The predicted molar refractivity (Wildman–Crippen MR) is 115 cm³/mol. The molecule has 4 rings (SSSR count). The third-order valence-electron chi connectivity index (χ3n) is 5.47. The highest BCUT2D eigenvalue weighted by Crippen LogP contribution is 2.42. The lowest BCUT2D eigenvalue weighted by molar-refractivity contribution is -0.141. The second-order valence-corrected chi connectivity index (χ2v) is 7.81. The fourth-order valence-corrected chi connectivity index (χ4v) is 3.92. The minimum Gasteiger partial charge on any atom is -0.366 e. The summed E-state index contributed by atoms with van der Waals surface area (Å²) >= 11 is 0. The Morgan fingerprint density at radius 2 is 1.64 bits per heavy atom. The second-order valence-electron chi connectivity index (χ2n) is 7.81. The Hall–Kier alpha value is -4.42. The molecule has 4 aromatic rings. The van der Waals surface area contributed by atoms with Gasteiger partial charge in [-0.1, -0.05) is 6.07 Å². The maximum Gasteiger partial charge on any atom is 0.435 e. The van der Waals surface area contributed by atoms with Crippen molar-refractivity contribution in [2.24, 2.45) is 11.5 Å². The molecular weight excluding hydrogens is 492 g/mol.